The second-order valence-electron chi connectivity index (χ2n) is 4.91. The van der Waals surface area contributed by atoms with E-state index < -0.39 is 0 Å². The molecule has 3 nitrogen and oxygen atoms in total. The van der Waals surface area contributed by atoms with E-state index >= 15 is 0 Å². The van der Waals surface area contributed by atoms with Gasteiger partial charge in [-0.25, -0.2) is 0 Å². The van der Waals surface area contributed by atoms with E-state index in [1.54, 1.807) is 7.11 Å². The number of methoxy groups -OCH3 is 1. The van der Waals surface area contributed by atoms with Crippen molar-refractivity contribution >= 4 is 0 Å². The van der Waals surface area contributed by atoms with Crippen LogP contribution >= 0.6 is 0 Å². The zero-order valence-electron chi connectivity index (χ0n) is 12.0. The Morgan fingerprint density at radius 3 is 2.39 bits per heavy atom. The third-order valence-electron chi connectivity index (χ3n) is 3.37. The van der Waals surface area contributed by atoms with Gasteiger partial charge in [0.15, 0.2) is 0 Å². The van der Waals surface area contributed by atoms with Gasteiger partial charge in [0.1, 0.15) is 0 Å². The van der Waals surface area contributed by atoms with Gasteiger partial charge in [0.2, 0.25) is 0 Å². The third kappa shape index (κ3) is 4.41. The molecule has 1 aromatic rings. The number of aryl methyl sites for hydroxylation is 1. The van der Waals surface area contributed by atoms with Crippen molar-refractivity contribution in [3.05, 3.63) is 35.4 Å². The molecule has 0 radical (unpaired) electrons. The molecule has 0 fully saturated rings. The Labute approximate surface area is 111 Å². The zero-order chi connectivity index (χ0) is 13.5. The lowest BCUT2D eigenvalue weighted by Crippen LogP contribution is -2.40. The summed E-state index contributed by atoms with van der Waals surface area (Å²) in [5.41, 5.74) is 8.74. The SMILES string of the molecule is CCN(CC(N)c1ccc(C)cc1)C(C)COC. The lowest BCUT2D eigenvalue weighted by molar-refractivity contribution is 0.0986. The number of nitrogens with zero attached hydrogens (tertiary/aromatic N) is 1. The Balaban J connectivity index is 2.61. The number of hydrogen-bond donors (Lipinski definition) is 1. The van der Waals surface area contributed by atoms with E-state index in [1.807, 2.05) is 0 Å². The zero-order valence-corrected chi connectivity index (χ0v) is 12.0. The molecule has 0 heterocycles. The summed E-state index contributed by atoms with van der Waals surface area (Å²) in [6.45, 7) is 9.03. The molecule has 102 valence electrons. The predicted octanol–water partition coefficient (Wildman–Crippen LogP) is 2.35. The molecule has 0 spiro atoms. The van der Waals surface area contributed by atoms with Crippen LogP contribution in [0.2, 0.25) is 0 Å². The highest BCUT2D eigenvalue weighted by Gasteiger charge is 2.16. The van der Waals surface area contributed by atoms with Gasteiger partial charge < -0.3 is 10.5 Å². The van der Waals surface area contributed by atoms with Gasteiger partial charge in [0.05, 0.1) is 6.61 Å². The summed E-state index contributed by atoms with van der Waals surface area (Å²) < 4.78 is 5.21. The van der Waals surface area contributed by atoms with Crippen molar-refractivity contribution in [2.24, 2.45) is 5.73 Å². The molecule has 18 heavy (non-hydrogen) atoms. The fourth-order valence-corrected chi connectivity index (χ4v) is 2.14. The Hall–Kier alpha value is -0.900. The van der Waals surface area contributed by atoms with Crippen molar-refractivity contribution in [3.8, 4) is 0 Å². The number of nitrogens with two attached hydrogens (primary N) is 1. The van der Waals surface area contributed by atoms with Crippen LogP contribution in [0.25, 0.3) is 0 Å². The largest absolute Gasteiger partial charge is 0.383 e. The molecular weight excluding hydrogens is 224 g/mol. The number of likely N-dealkylation sites (N-methyl/N-ethyl adjacent to an activating group) is 1. The third-order valence-corrected chi connectivity index (χ3v) is 3.37. The van der Waals surface area contributed by atoms with Gasteiger partial charge in [0, 0.05) is 25.7 Å². The molecule has 0 aliphatic carbocycles. The normalized spacial score (nSPS) is 14.8. The van der Waals surface area contributed by atoms with Crippen molar-refractivity contribution in [1.82, 2.24) is 4.90 Å². The number of hydrogen-bond acceptors (Lipinski definition) is 3. The van der Waals surface area contributed by atoms with Crippen molar-refractivity contribution in [1.29, 1.82) is 0 Å². The van der Waals surface area contributed by atoms with Gasteiger partial charge >= 0.3 is 0 Å². The van der Waals surface area contributed by atoms with Crippen LogP contribution in [-0.2, 0) is 4.74 Å². The van der Waals surface area contributed by atoms with Gasteiger partial charge in [0.25, 0.3) is 0 Å². The molecule has 1 rings (SSSR count). The van der Waals surface area contributed by atoms with Crippen LogP contribution in [0.3, 0.4) is 0 Å². The van der Waals surface area contributed by atoms with Crippen LogP contribution in [0.5, 0.6) is 0 Å². The van der Waals surface area contributed by atoms with E-state index in [1.165, 1.54) is 11.1 Å². The molecule has 0 aliphatic heterocycles. The van der Waals surface area contributed by atoms with Crippen LogP contribution in [0, 0.1) is 6.92 Å². The van der Waals surface area contributed by atoms with E-state index in [9.17, 15) is 0 Å². The molecule has 3 heteroatoms. The van der Waals surface area contributed by atoms with Crippen molar-refractivity contribution in [2.75, 3.05) is 26.8 Å². The van der Waals surface area contributed by atoms with Crippen LogP contribution in [0.15, 0.2) is 24.3 Å². The van der Waals surface area contributed by atoms with Crippen molar-refractivity contribution in [2.45, 2.75) is 32.9 Å². The van der Waals surface area contributed by atoms with E-state index in [-0.39, 0.29) is 6.04 Å². The predicted molar refractivity (Wildman–Crippen MR) is 76.7 cm³/mol. The van der Waals surface area contributed by atoms with Gasteiger partial charge in [-0.15, -0.1) is 0 Å². The molecule has 2 unspecified atom stereocenters. The van der Waals surface area contributed by atoms with E-state index in [0.717, 1.165) is 19.7 Å². The summed E-state index contributed by atoms with van der Waals surface area (Å²) in [4.78, 5) is 2.36. The van der Waals surface area contributed by atoms with Crippen molar-refractivity contribution < 1.29 is 4.74 Å². The summed E-state index contributed by atoms with van der Waals surface area (Å²) >= 11 is 0. The summed E-state index contributed by atoms with van der Waals surface area (Å²) in [7, 11) is 1.74. The molecule has 2 N–H and O–H groups in total. The van der Waals surface area contributed by atoms with Gasteiger partial charge in [-0.3, -0.25) is 4.90 Å². The van der Waals surface area contributed by atoms with Crippen LogP contribution in [-0.4, -0.2) is 37.7 Å². The van der Waals surface area contributed by atoms with Crippen molar-refractivity contribution in [3.63, 3.8) is 0 Å². The number of ether oxygens (including phenoxy) is 1. The average Bonchev–Trinajstić information content (AvgIpc) is 2.36. The molecule has 0 saturated carbocycles. The van der Waals surface area contributed by atoms with E-state index in [4.69, 9.17) is 10.5 Å². The van der Waals surface area contributed by atoms with Crippen LogP contribution < -0.4 is 5.73 Å². The highest BCUT2D eigenvalue weighted by Crippen LogP contribution is 2.14. The molecule has 2 atom stereocenters. The van der Waals surface area contributed by atoms with Crippen LogP contribution in [0.1, 0.15) is 31.0 Å². The average molecular weight is 250 g/mol. The second kappa shape index (κ2) is 7.52. The number of benzene rings is 1. The maximum Gasteiger partial charge on any atom is 0.0615 e. The fourth-order valence-electron chi connectivity index (χ4n) is 2.14. The molecule has 0 aromatic heterocycles. The Morgan fingerprint density at radius 2 is 1.89 bits per heavy atom. The Kier molecular flexibility index (Phi) is 6.33. The Bertz CT molecular complexity index is 337. The lowest BCUT2D eigenvalue weighted by Gasteiger charge is -2.30. The summed E-state index contributed by atoms with van der Waals surface area (Å²) in [5, 5.41) is 0. The summed E-state index contributed by atoms with van der Waals surface area (Å²) in [6.07, 6.45) is 0. The first kappa shape index (κ1) is 15.2. The van der Waals surface area contributed by atoms with E-state index in [2.05, 4.69) is 49.9 Å². The second-order valence-corrected chi connectivity index (χ2v) is 4.91. The molecule has 0 amide bonds. The van der Waals surface area contributed by atoms with E-state index in [0.29, 0.717) is 6.04 Å². The van der Waals surface area contributed by atoms with Gasteiger partial charge in [-0.1, -0.05) is 36.8 Å². The minimum atomic E-state index is 0.0601. The molecule has 1 aromatic carbocycles. The number of rotatable bonds is 7. The van der Waals surface area contributed by atoms with Gasteiger partial charge in [-0.05, 0) is 26.0 Å². The molecule has 0 saturated heterocycles. The first-order valence-corrected chi connectivity index (χ1v) is 6.63. The molecule has 0 aliphatic rings. The highest BCUT2D eigenvalue weighted by atomic mass is 16.5. The molecule has 0 bridgehead atoms. The highest BCUT2D eigenvalue weighted by molar-refractivity contribution is 5.24. The monoisotopic (exact) mass is 250 g/mol. The summed E-state index contributed by atoms with van der Waals surface area (Å²) in [6, 6.07) is 8.93. The topological polar surface area (TPSA) is 38.5 Å². The lowest BCUT2D eigenvalue weighted by atomic mass is 10.0. The minimum absolute atomic E-state index is 0.0601. The first-order chi connectivity index (χ1) is 8.58. The summed E-state index contributed by atoms with van der Waals surface area (Å²) in [5.74, 6) is 0. The molecular formula is C15H26N2O. The standard InChI is InChI=1S/C15H26N2O/c1-5-17(13(3)11-18-4)10-15(16)14-8-6-12(2)7-9-14/h6-9,13,15H,5,10-11,16H2,1-4H3. The van der Waals surface area contributed by atoms with Crippen LogP contribution in [0.4, 0.5) is 0 Å². The Morgan fingerprint density at radius 1 is 1.28 bits per heavy atom. The maximum absolute atomic E-state index is 6.27. The smallest absolute Gasteiger partial charge is 0.0615 e. The quantitative estimate of drug-likeness (QED) is 0.807. The first-order valence-electron chi connectivity index (χ1n) is 6.63. The van der Waals surface area contributed by atoms with Gasteiger partial charge in [-0.2, -0.15) is 0 Å². The maximum atomic E-state index is 6.27. The fraction of sp³-hybridized carbons (Fsp3) is 0.600. The minimum Gasteiger partial charge on any atom is -0.383 e.